The second-order valence-corrected chi connectivity index (χ2v) is 7.50. The molecule has 0 spiro atoms. The molecule has 0 radical (unpaired) electrons. The normalized spacial score (nSPS) is 17.0. The molecule has 1 aromatic heterocycles. The highest BCUT2D eigenvalue weighted by Gasteiger charge is 2.21. The minimum absolute atomic E-state index is 0.0312. The molecule has 6 nitrogen and oxygen atoms in total. The number of nitrogens with one attached hydrogen (secondary N) is 2. The molecule has 1 aromatic carbocycles. The van der Waals surface area contributed by atoms with Gasteiger partial charge >= 0.3 is 0 Å². The minimum atomic E-state index is -0.102. The summed E-state index contributed by atoms with van der Waals surface area (Å²) in [6.45, 7) is 4.16. The SMILES string of the molecule is CC(=O)Nc1ccc(CC(=O)NC[C@H]2CCCN(c3nccs3)C2)cc1. The van der Waals surface area contributed by atoms with Gasteiger partial charge in [-0.05, 0) is 36.5 Å². The van der Waals surface area contributed by atoms with Gasteiger partial charge < -0.3 is 15.5 Å². The third kappa shape index (κ3) is 5.29. The summed E-state index contributed by atoms with van der Waals surface area (Å²) >= 11 is 1.66. The molecule has 26 heavy (non-hydrogen) atoms. The van der Waals surface area contributed by atoms with Gasteiger partial charge in [0.25, 0.3) is 0 Å². The molecule has 1 fully saturated rings. The Morgan fingerprint density at radius 3 is 2.81 bits per heavy atom. The van der Waals surface area contributed by atoms with Crippen LogP contribution < -0.4 is 15.5 Å². The molecule has 0 bridgehead atoms. The molecule has 2 aromatic rings. The molecule has 0 saturated carbocycles. The van der Waals surface area contributed by atoms with Crippen molar-refractivity contribution in [2.75, 3.05) is 29.9 Å². The Kier molecular flexibility index (Phi) is 6.22. The van der Waals surface area contributed by atoms with E-state index in [1.807, 2.05) is 35.8 Å². The molecule has 1 saturated heterocycles. The van der Waals surface area contributed by atoms with Gasteiger partial charge in [-0.3, -0.25) is 9.59 Å². The first-order chi connectivity index (χ1) is 12.6. The lowest BCUT2D eigenvalue weighted by Crippen LogP contribution is -2.41. The second-order valence-electron chi connectivity index (χ2n) is 6.63. The van der Waals surface area contributed by atoms with Gasteiger partial charge in [-0.15, -0.1) is 11.3 Å². The predicted octanol–water partition coefficient (Wildman–Crippen LogP) is 2.68. The molecule has 2 heterocycles. The molecule has 2 N–H and O–H groups in total. The zero-order chi connectivity index (χ0) is 18.4. The Bertz CT molecular complexity index is 731. The fourth-order valence-corrected chi connectivity index (χ4v) is 3.87. The summed E-state index contributed by atoms with van der Waals surface area (Å²) in [6, 6.07) is 7.37. The van der Waals surface area contributed by atoms with Crippen molar-refractivity contribution in [2.45, 2.75) is 26.2 Å². The molecule has 2 amide bonds. The van der Waals surface area contributed by atoms with E-state index in [9.17, 15) is 9.59 Å². The van der Waals surface area contributed by atoms with Gasteiger partial charge in [0.2, 0.25) is 11.8 Å². The highest BCUT2D eigenvalue weighted by molar-refractivity contribution is 7.13. The van der Waals surface area contributed by atoms with Crippen LogP contribution in [0.5, 0.6) is 0 Å². The standard InChI is InChI=1S/C19H24N4O2S/c1-14(24)22-17-6-4-15(5-7-17)11-18(25)21-12-16-3-2-9-23(13-16)19-20-8-10-26-19/h4-8,10,16H,2-3,9,11-13H2,1H3,(H,21,25)(H,22,24)/t16-/m1/s1. The smallest absolute Gasteiger partial charge is 0.224 e. The van der Waals surface area contributed by atoms with E-state index in [0.29, 0.717) is 18.9 Å². The van der Waals surface area contributed by atoms with Gasteiger partial charge in [0.15, 0.2) is 5.13 Å². The Morgan fingerprint density at radius 2 is 2.12 bits per heavy atom. The third-order valence-electron chi connectivity index (χ3n) is 4.44. The first-order valence-electron chi connectivity index (χ1n) is 8.88. The number of benzene rings is 1. The van der Waals surface area contributed by atoms with Crippen LogP contribution in [0.25, 0.3) is 0 Å². The predicted molar refractivity (Wildman–Crippen MR) is 105 cm³/mol. The third-order valence-corrected chi connectivity index (χ3v) is 5.27. The number of aromatic nitrogens is 1. The van der Waals surface area contributed by atoms with E-state index < -0.39 is 0 Å². The molecule has 1 atom stereocenters. The first-order valence-corrected chi connectivity index (χ1v) is 9.76. The van der Waals surface area contributed by atoms with Crippen LogP contribution in [0.2, 0.25) is 0 Å². The van der Waals surface area contributed by atoms with Crippen molar-refractivity contribution in [1.82, 2.24) is 10.3 Å². The Hall–Kier alpha value is -2.41. The van der Waals surface area contributed by atoms with Crippen LogP contribution >= 0.6 is 11.3 Å². The van der Waals surface area contributed by atoms with Crippen molar-refractivity contribution in [1.29, 1.82) is 0 Å². The molecule has 0 aliphatic carbocycles. The molecular weight excluding hydrogens is 348 g/mol. The highest BCUT2D eigenvalue weighted by Crippen LogP contribution is 2.24. The molecule has 7 heteroatoms. The minimum Gasteiger partial charge on any atom is -0.355 e. The van der Waals surface area contributed by atoms with Crippen molar-refractivity contribution in [2.24, 2.45) is 5.92 Å². The number of nitrogens with zero attached hydrogens (tertiary/aromatic N) is 2. The molecule has 138 valence electrons. The van der Waals surface area contributed by atoms with Gasteiger partial charge in [0, 0.05) is 43.8 Å². The monoisotopic (exact) mass is 372 g/mol. The lowest BCUT2D eigenvalue weighted by atomic mass is 9.98. The number of rotatable bonds is 6. The summed E-state index contributed by atoms with van der Waals surface area (Å²) in [6.07, 6.45) is 4.45. The number of carbonyl (C=O) groups is 2. The number of thiazole rings is 1. The van der Waals surface area contributed by atoms with Crippen molar-refractivity contribution in [3.05, 3.63) is 41.4 Å². The zero-order valence-electron chi connectivity index (χ0n) is 14.9. The van der Waals surface area contributed by atoms with Crippen LogP contribution in [0, 0.1) is 5.92 Å². The molecular formula is C19H24N4O2S. The van der Waals surface area contributed by atoms with E-state index in [1.54, 1.807) is 11.3 Å². The van der Waals surface area contributed by atoms with Crippen molar-refractivity contribution in [3.63, 3.8) is 0 Å². The summed E-state index contributed by atoms with van der Waals surface area (Å²) in [7, 11) is 0. The summed E-state index contributed by atoms with van der Waals surface area (Å²) in [5, 5.41) is 8.85. The number of hydrogen-bond donors (Lipinski definition) is 2. The Labute approximate surface area is 157 Å². The number of amides is 2. The average Bonchev–Trinajstić information content (AvgIpc) is 3.16. The van der Waals surface area contributed by atoms with Gasteiger partial charge in [-0.25, -0.2) is 4.98 Å². The van der Waals surface area contributed by atoms with E-state index in [1.165, 1.54) is 6.92 Å². The van der Waals surface area contributed by atoms with Crippen LogP contribution in [-0.4, -0.2) is 36.4 Å². The van der Waals surface area contributed by atoms with E-state index >= 15 is 0 Å². The van der Waals surface area contributed by atoms with Crippen molar-refractivity contribution in [3.8, 4) is 0 Å². The largest absolute Gasteiger partial charge is 0.355 e. The Balaban J connectivity index is 1.44. The maximum absolute atomic E-state index is 12.2. The van der Waals surface area contributed by atoms with Crippen molar-refractivity contribution >= 4 is 34.0 Å². The zero-order valence-corrected chi connectivity index (χ0v) is 15.7. The topological polar surface area (TPSA) is 74.3 Å². The van der Waals surface area contributed by atoms with Crippen molar-refractivity contribution < 1.29 is 9.59 Å². The highest BCUT2D eigenvalue weighted by atomic mass is 32.1. The maximum atomic E-state index is 12.2. The van der Waals surface area contributed by atoms with E-state index in [-0.39, 0.29) is 11.8 Å². The van der Waals surface area contributed by atoms with E-state index in [2.05, 4.69) is 20.5 Å². The lowest BCUT2D eigenvalue weighted by Gasteiger charge is -2.32. The summed E-state index contributed by atoms with van der Waals surface area (Å²) < 4.78 is 0. The number of anilines is 2. The van der Waals surface area contributed by atoms with Crippen LogP contribution in [-0.2, 0) is 16.0 Å². The molecule has 0 unspecified atom stereocenters. The number of piperidine rings is 1. The molecule has 3 rings (SSSR count). The van der Waals surface area contributed by atoms with E-state index in [0.717, 1.165) is 42.3 Å². The molecule has 1 aliphatic rings. The fraction of sp³-hybridized carbons (Fsp3) is 0.421. The van der Waals surface area contributed by atoms with E-state index in [4.69, 9.17) is 0 Å². The van der Waals surface area contributed by atoms with Gasteiger partial charge in [-0.1, -0.05) is 12.1 Å². The average molecular weight is 372 g/mol. The Morgan fingerprint density at radius 1 is 1.31 bits per heavy atom. The number of carbonyl (C=O) groups excluding carboxylic acids is 2. The summed E-state index contributed by atoms with van der Waals surface area (Å²) in [5.74, 6) is 0.386. The van der Waals surface area contributed by atoms with Gasteiger partial charge in [0.1, 0.15) is 0 Å². The number of hydrogen-bond acceptors (Lipinski definition) is 5. The van der Waals surface area contributed by atoms with Gasteiger partial charge in [-0.2, -0.15) is 0 Å². The molecule has 1 aliphatic heterocycles. The van der Waals surface area contributed by atoms with Crippen LogP contribution in [0.15, 0.2) is 35.8 Å². The first kappa shape index (κ1) is 18.4. The quantitative estimate of drug-likeness (QED) is 0.818. The van der Waals surface area contributed by atoms with Crippen LogP contribution in [0.4, 0.5) is 10.8 Å². The lowest BCUT2D eigenvalue weighted by molar-refractivity contribution is -0.120. The second kappa shape index (κ2) is 8.80. The van der Waals surface area contributed by atoms with Crippen LogP contribution in [0.3, 0.4) is 0 Å². The maximum Gasteiger partial charge on any atom is 0.224 e. The summed E-state index contributed by atoms with van der Waals surface area (Å²) in [4.78, 5) is 29.9. The fourth-order valence-electron chi connectivity index (χ4n) is 3.19. The summed E-state index contributed by atoms with van der Waals surface area (Å²) in [5.41, 5.74) is 1.68. The van der Waals surface area contributed by atoms with Gasteiger partial charge in [0.05, 0.1) is 6.42 Å². The van der Waals surface area contributed by atoms with Crippen LogP contribution in [0.1, 0.15) is 25.3 Å².